The van der Waals surface area contributed by atoms with Gasteiger partial charge >= 0.3 is 0 Å². The van der Waals surface area contributed by atoms with Crippen LogP contribution in [0.2, 0.25) is 0 Å². The van der Waals surface area contributed by atoms with Crippen LogP contribution < -0.4 is 5.73 Å². The molecule has 0 aromatic carbocycles. The van der Waals surface area contributed by atoms with Crippen LogP contribution in [0.1, 0.15) is 25.5 Å². The van der Waals surface area contributed by atoms with Crippen molar-refractivity contribution in [3.8, 4) is 0 Å². The molecule has 0 saturated carbocycles. The number of nitrogens with zero attached hydrogens (tertiary/aromatic N) is 3. The van der Waals surface area contributed by atoms with E-state index in [1.54, 1.807) is 4.68 Å². The van der Waals surface area contributed by atoms with Gasteiger partial charge in [0.1, 0.15) is 0 Å². The zero-order valence-corrected chi connectivity index (χ0v) is 11.9. The van der Waals surface area contributed by atoms with Crippen molar-refractivity contribution in [2.24, 2.45) is 12.8 Å². The van der Waals surface area contributed by atoms with Crippen LogP contribution in [0.3, 0.4) is 0 Å². The van der Waals surface area contributed by atoms with E-state index in [0.29, 0.717) is 6.54 Å². The Balaban J connectivity index is 2.19. The molecule has 4 unspecified atom stereocenters. The lowest BCUT2D eigenvalue weighted by molar-refractivity contribution is -0.107. The van der Waals surface area contributed by atoms with E-state index >= 15 is 0 Å². The molecule has 3 N–H and O–H groups in total. The van der Waals surface area contributed by atoms with Gasteiger partial charge < -0.3 is 15.6 Å². The van der Waals surface area contributed by atoms with Crippen LogP contribution in [-0.4, -0.2) is 57.7 Å². The van der Waals surface area contributed by atoms with Crippen LogP contribution in [0.4, 0.5) is 0 Å². The van der Waals surface area contributed by atoms with E-state index in [4.69, 9.17) is 10.5 Å². The van der Waals surface area contributed by atoms with Crippen molar-refractivity contribution in [1.82, 2.24) is 14.7 Å². The molecule has 0 bridgehead atoms. The number of hydrogen-bond donors (Lipinski definition) is 2. The molecule has 0 spiro atoms. The third-order valence-electron chi connectivity index (χ3n) is 3.52. The van der Waals surface area contributed by atoms with Crippen molar-refractivity contribution >= 4 is 0 Å². The van der Waals surface area contributed by atoms with Crippen LogP contribution in [0, 0.1) is 0 Å². The van der Waals surface area contributed by atoms with Crippen molar-refractivity contribution in [2.45, 2.75) is 38.1 Å². The van der Waals surface area contributed by atoms with Gasteiger partial charge in [0, 0.05) is 37.9 Å². The number of hydrogen-bond acceptors (Lipinski definition) is 5. The predicted molar refractivity (Wildman–Crippen MR) is 72.6 cm³/mol. The standard InChI is InChI=1S/C13H24N4O2/c1-9-5-17(7-12(8-18)19-9)13(10(2)14)11-4-15-16(3)6-11/h4,6,9-10,12-13,18H,5,7-8,14H2,1-3H3. The number of aryl methyl sites for hydroxylation is 1. The van der Waals surface area contributed by atoms with Crippen molar-refractivity contribution in [3.05, 3.63) is 18.0 Å². The Bertz CT molecular complexity index is 407. The SMILES string of the molecule is CC1CN(C(c2cnn(C)c2)C(C)N)CC(CO)O1. The number of aliphatic hydroxyl groups excluding tert-OH is 1. The Labute approximate surface area is 114 Å². The highest BCUT2D eigenvalue weighted by Gasteiger charge is 2.32. The number of aromatic nitrogens is 2. The molecule has 1 aromatic heterocycles. The maximum absolute atomic E-state index is 9.32. The molecule has 1 aromatic rings. The summed E-state index contributed by atoms with van der Waals surface area (Å²) in [7, 11) is 1.90. The second-order valence-corrected chi connectivity index (χ2v) is 5.46. The summed E-state index contributed by atoms with van der Waals surface area (Å²) in [5.74, 6) is 0. The largest absolute Gasteiger partial charge is 0.394 e. The molecular formula is C13H24N4O2. The number of morpholine rings is 1. The molecule has 1 aliphatic rings. The number of rotatable bonds is 4. The molecule has 19 heavy (non-hydrogen) atoms. The average Bonchev–Trinajstić information content (AvgIpc) is 2.74. The van der Waals surface area contributed by atoms with Gasteiger partial charge in [-0.2, -0.15) is 5.10 Å². The number of ether oxygens (including phenoxy) is 1. The van der Waals surface area contributed by atoms with Crippen molar-refractivity contribution in [1.29, 1.82) is 0 Å². The van der Waals surface area contributed by atoms with Gasteiger partial charge in [0.2, 0.25) is 0 Å². The van der Waals surface area contributed by atoms with E-state index in [2.05, 4.69) is 10.00 Å². The molecule has 2 heterocycles. The van der Waals surface area contributed by atoms with E-state index in [0.717, 1.165) is 12.1 Å². The minimum absolute atomic E-state index is 0.00570. The fraction of sp³-hybridized carbons (Fsp3) is 0.769. The quantitative estimate of drug-likeness (QED) is 0.797. The first-order chi connectivity index (χ1) is 9.01. The van der Waals surface area contributed by atoms with Gasteiger partial charge in [-0.1, -0.05) is 0 Å². The molecule has 108 valence electrons. The van der Waals surface area contributed by atoms with Gasteiger partial charge in [0.15, 0.2) is 0 Å². The summed E-state index contributed by atoms with van der Waals surface area (Å²) in [5.41, 5.74) is 7.27. The highest BCUT2D eigenvalue weighted by molar-refractivity contribution is 5.13. The molecular weight excluding hydrogens is 244 g/mol. The van der Waals surface area contributed by atoms with Gasteiger partial charge in [0.25, 0.3) is 0 Å². The Morgan fingerprint density at radius 1 is 1.58 bits per heavy atom. The first-order valence-electron chi connectivity index (χ1n) is 6.75. The van der Waals surface area contributed by atoms with Crippen LogP contribution >= 0.6 is 0 Å². The minimum Gasteiger partial charge on any atom is -0.394 e. The van der Waals surface area contributed by atoms with Gasteiger partial charge in [-0.05, 0) is 13.8 Å². The molecule has 4 atom stereocenters. The lowest BCUT2D eigenvalue weighted by Gasteiger charge is -2.41. The molecule has 6 heteroatoms. The monoisotopic (exact) mass is 268 g/mol. The maximum atomic E-state index is 9.32. The maximum Gasteiger partial charge on any atom is 0.0936 e. The van der Waals surface area contributed by atoms with Gasteiger partial charge in [-0.3, -0.25) is 9.58 Å². The van der Waals surface area contributed by atoms with Gasteiger partial charge in [-0.15, -0.1) is 0 Å². The zero-order valence-electron chi connectivity index (χ0n) is 11.9. The molecule has 0 radical (unpaired) electrons. The third kappa shape index (κ3) is 3.33. The number of nitrogens with two attached hydrogens (primary N) is 1. The van der Waals surface area contributed by atoms with E-state index in [1.807, 2.05) is 33.3 Å². The first-order valence-corrected chi connectivity index (χ1v) is 6.75. The lowest BCUT2D eigenvalue weighted by Crippen LogP contribution is -2.52. The highest BCUT2D eigenvalue weighted by Crippen LogP contribution is 2.26. The second-order valence-electron chi connectivity index (χ2n) is 5.46. The third-order valence-corrected chi connectivity index (χ3v) is 3.52. The predicted octanol–water partition coefficient (Wildman–Crippen LogP) is -0.110. The van der Waals surface area contributed by atoms with Gasteiger partial charge in [-0.25, -0.2) is 0 Å². The molecule has 0 aliphatic carbocycles. The smallest absolute Gasteiger partial charge is 0.0936 e. The summed E-state index contributed by atoms with van der Waals surface area (Å²) in [4.78, 5) is 2.29. The number of aliphatic hydroxyl groups is 1. The van der Waals surface area contributed by atoms with Crippen molar-refractivity contribution in [2.75, 3.05) is 19.7 Å². The highest BCUT2D eigenvalue weighted by atomic mass is 16.5. The summed E-state index contributed by atoms with van der Waals surface area (Å²) in [6.45, 7) is 5.58. The molecule has 6 nitrogen and oxygen atoms in total. The Hall–Kier alpha value is -0.950. The normalized spacial score (nSPS) is 28.3. The summed E-state index contributed by atoms with van der Waals surface area (Å²) in [6, 6.07) is 0.0999. The van der Waals surface area contributed by atoms with Crippen molar-refractivity contribution < 1.29 is 9.84 Å². The second kappa shape index (κ2) is 6.00. The molecule has 1 aliphatic heterocycles. The van der Waals surface area contributed by atoms with E-state index < -0.39 is 0 Å². The van der Waals surface area contributed by atoms with Gasteiger partial charge in [0.05, 0.1) is 31.1 Å². The van der Waals surface area contributed by atoms with Crippen LogP contribution in [0.25, 0.3) is 0 Å². The lowest BCUT2D eigenvalue weighted by atomic mass is 10.0. The van der Waals surface area contributed by atoms with Crippen LogP contribution in [0.15, 0.2) is 12.4 Å². The van der Waals surface area contributed by atoms with E-state index in [9.17, 15) is 5.11 Å². The fourth-order valence-corrected chi connectivity index (χ4v) is 2.85. The first kappa shape index (κ1) is 14.5. The Kier molecular flexibility index (Phi) is 4.57. The summed E-state index contributed by atoms with van der Waals surface area (Å²) >= 11 is 0. The molecule has 0 amide bonds. The molecule has 1 fully saturated rings. The van der Waals surface area contributed by atoms with Crippen LogP contribution in [0.5, 0.6) is 0 Å². The molecule has 1 saturated heterocycles. The Morgan fingerprint density at radius 3 is 2.84 bits per heavy atom. The fourth-order valence-electron chi connectivity index (χ4n) is 2.85. The topological polar surface area (TPSA) is 76.5 Å². The zero-order chi connectivity index (χ0) is 14.0. The Morgan fingerprint density at radius 2 is 2.32 bits per heavy atom. The van der Waals surface area contributed by atoms with E-state index in [-0.39, 0.29) is 30.9 Å². The summed E-state index contributed by atoms with van der Waals surface area (Å²) in [6.07, 6.45) is 3.83. The van der Waals surface area contributed by atoms with Crippen LogP contribution in [-0.2, 0) is 11.8 Å². The minimum atomic E-state index is -0.137. The molecule has 2 rings (SSSR count). The average molecular weight is 268 g/mol. The summed E-state index contributed by atoms with van der Waals surface area (Å²) in [5, 5.41) is 13.5. The van der Waals surface area contributed by atoms with E-state index in [1.165, 1.54) is 0 Å². The van der Waals surface area contributed by atoms with Crippen molar-refractivity contribution in [3.63, 3.8) is 0 Å². The summed E-state index contributed by atoms with van der Waals surface area (Å²) < 4.78 is 7.47.